The summed E-state index contributed by atoms with van der Waals surface area (Å²) in [4.78, 5) is 3.21. The van der Waals surface area contributed by atoms with Crippen molar-refractivity contribution in [3.05, 3.63) is 30.5 Å². The van der Waals surface area contributed by atoms with Gasteiger partial charge in [0.2, 0.25) is 0 Å². The lowest BCUT2D eigenvalue weighted by atomic mass is 9.90. The average Bonchev–Trinajstić information content (AvgIpc) is 3.08. The van der Waals surface area contributed by atoms with Crippen LogP contribution in [0.4, 0.5) is 0 Å². The standard InChI is InChI=1S/C17H21NO2/c1-2-8-17(7-1)12-15(6-10-19-17)20-14-3-4-16-13(11-14)5-9-18-16/h3-5,9,11,15,18H,1-2,6-8,10,12H2. The minimum absolute atomic E-state index is 0.126. The van der Waals surface area contributed by atoms with E-state index in [-0.39, 0.29) is 5.60 Å². The molecule has 4 rings (SSSR count). The van der Waals surface area contributed by atoms with Crippen LogP contribution in [0.5, 0.6) is 5.75 Å². The third kappa shape index (κ3) is 2.20. The van der Waals surface area contributed by atoms with Gasteiger partial charge in [-0.05, 0) is 37.1 Å². The Morgan fingerprint density at radius 2 is 2.10 bits per heavy atom. The number of aromatic amines is 1. The first kappa shape index (κ1) is 12.3. The minimum atomic E-state index is 0.126. The molecule has 1 spiro atoms. The highest BCUT2D eigenvalue weighted by Crippen LogP contribution is 2.41. The van der Waals surface area contributed by atoms with Gasteiger partial charge in [-0.2, -0.15) is 0 Å². The zero-order valence-electron chi connectivity index (χ0n) is 11.7. The Labute approximate surface area is 119 Å². The summed E-state index contributed by atoms with van der Waals surface area (Å²) in [6, 6.07) is 8.37. The van der Waals surface area contributed by atoms with E-state index in [1.807, 2.05) is 6.20 Å². The largest absolute Gasteiger partial charge is 0.490 e. The summed E-state index contributed by atoms with van der Waals surface area (Å²) in [6.45, 7) is 0.844. The second kappa shape index (κ2) is 4.81. The fourth-order valence-corrected chi connectivity index (χ4v) is 3.75. The average molecular weight is 271 g/mol. The van der Waals surface area contributed by atoms with Crippen molar-refractivity contribution in [1.29, 1.82) is 0 Å². The van der Waals surface area contributed by atoms with Gasteiger partial charge in [-0.15, -0.1) is 0 Å². The van der Waals surface area contributed by atoms with E-state index in [9.17, 15) is 0 Å². The zero-order chi connectivity index (χ0) is 13.4. The summed E-state index contributed by atoms with van der Waals surface area (Å²) in [7, 11) is 0. The maximum atomic E-state index is 6.23. The number of rotatable bonds is 2. The molecule has 0 bridgehead atoms. The first-order valence-electron chi connectivity index (χ1n) is 7.71. The second-order valence-corrected chi connectivity index (χ2v) is 6.20. The summed E-state index contributed by atoms with van der Waals surface area (Å²) in [5.74, 6) is 0.983. The van der Waals surface area contributed by atoms with Crippen LogP contribution in [-0.4, -0.2) is 23.3 Å². The van der Waals surface area contributed by atoms with Crippen molar-refractivity contribution in [2.75, 3.05) is 6.61 Å². The molecule has 2 heterocycles. The fourth-order valence-electron chi connectivity index (χ4n) is 3.75. The molecule has 1 aromatic carbocycles. The predicted molar refractivity (Wildman–Crippen MR) is 79.1 cm³/mol. The van der Waals surface area contributed by atoms with Gasteiger partial charge in [0.1, 0.15) is 11.9 Å². The molecule has 3 heteroatoms. The molecule has 0 amide bonds. The van der Waals surface area contributed by atoms with Crippen LogP contribution in [0.25, 0.3) is 10.9 Å². The third-order valence-electron chi connectivity index (χ3n) is 4.79. The van der Waals surface area contributed by atoms with Crippen LogP contribution in [0.15, 0.2) is 30.5 Å². The topological polar surface area (TPSA) is 34.2 Å². The number of benzene rings is 1. The molecule has 1 aliphatic carbocycles. The van der Waals surface area contributed by atoms with E-state index < -0.39 is 0 Å². The molecule has 1 saturated heterocycles. The SMILES string of the molecule is c1cc2cc(OC3CCOC4(CCCC4)C3)ccc2[nH]1. The molecule has 106 valence electrons. The summed E-state index contributed by atoms with van der Waals surface area (Å²) < 4.78 is 12.3. The Balaban J connectivity index is 1.50. The van der Waals surface area contributed by atoms with Gasteiger partial charge in [0.05, 0.1) is 12.2 Å². The van der Waals surface area contributed by atoms with Crippen LogP contribution in [0.1, 0.15) is 38.5 Å². The minimum Gasteiger partial charge on any atom is -0.490 e. The molecule has 2 fully saturated rings. The number of ether oxygens (including phenoxy) is 2. The van der Waals surface area contributed by atoms with Crippen LogP contribution < -0.4 is 4.74 Å². The molecule has 2 aromatic rings. The molecular weight excluding hydrogens is 250 g/mol. The molecule has 1 N–H and O–H groups in total. The van der Waals surface area contributed by atoms with Crippen molar-refractivity contribution in [3.63, 3.8) is 0 Å². The van der Waals surface area contributed by atoms with Crippen molar-refractivity contribution < 1.29 is 9.47 Å². The fraction of sp³-hybridized carbons (Fsp3) is 0.529. The lowest BCUT2D eigenvalue weighted by molar-refractivity contribution is -0.108. The highest BCUT2D eigenvalue weighted by molar-refractivity contribution is 5.80. The maximum Gasteiger partial charge on any atom is 0.120 e. The molecular formula is C17H21NO2. The lowest BCUT2D eigenvalue weighted by Gasteiger charge is -2.38. The second-order valence-electron chi connectivity index (χ2n) is 6.20. The monoisotopic (exact) mass is 271 g/mol. The Bertz CT molecular complexity index is 598. The molecule has 20 heavy (non-hydrogen) atoms. The van der Waals surface area contributed by atoms with Gasteiger partial charge >= 0.3 is 0 Å². The van der Waals surface area contributed by atoms with Crippen LogP contribution in [0.2, 0.25) is 0 Å². The van der Waals surface area contributed by atoms with Crippen molar-refractivity contribution in [3.8, 4) is 5.75 Å². The first-order chi connectivity index (χ1) is 9.83. The predicted octanol–water partition coefficient (Wildman–Crippen LogP) is 4.04. The highest BCUT2D eigenvalue weighted by Gasteiger charge is 2.40. The van der Waals surface area contributed by atoms with Crippen LogP contribution in [-0.2, 0) is 4.74 Å². The number of hydrogen-bond acceptors (Lipinski definition) is 2. The molecule has 1 saturated carbocycles. The highest BCUT2D eigenvalue weighted by atomic mass is 16.5. The molecule has 1 unspecified atom stereocenters. The summed E-state index contributed by atoms with van der Waals surface area (Å²) in [5.41, 5.74) is 1.29. The van der Waals surface area contributed by atoms with Crippen molar-refractivity contribution >= 4 is 10.9 Å². The lowest BCUT2D eigenvalue weighted by Crippen LogP contribution is -2.41. The number of H-pyrrole nitrogens is 1. The molecule has 1 aliphatic heterocycles. The molecule has 1 aromatic heterocycles. The summed E-state index contributed by atoms with van der Waals surface area (Å²) in [5, 5.41) is 1.21. The van der Waals surface area contributed by atoms with Gasteiger partial charge in [0.25, 0.3) is 0 Å². The summed E-state index contributed by atoms with van der Waals surface area (Å²) >= 11 is 0. The Morgan fingerprint density at radius 3 is 3.00 bits per heavy atom. The van der Waals surface area contributed by atoms with Gasteiger partial charge in [-0.25, -0.2) is 0 Å². The molecule has 1 atom stereocenters. The van der Waals surface area contributed by atoms with Gasteiger partial charge in [0, 0.05) is 29.9 Å². The van der Waals surface area contributed by atoms with Gasteiger partial charge in [-0.1, -0.05) is 12.8 Å². The molecule has 0 radical (unpaired) electrons. The number of aromatic nitrogens is 1. The van der Waals surface area contributed by atoms with E-state index in [2.05, 4.69) is 29.2 Å². The summed E-state index contributed by atoms with van der Waals surface area (Å²) in [6.07, 6.45) is 9.37. The van der Waals surface area contributed by atoms with Gasteiger partial charge in [-0.3, -0.25) is 0 Å². The third-order valence-corrected chi connectivity index (χ3v) is 4.79. The number of fused-ring (bicyclic) bond motifs is 1. The molecule has 3 nitrogen and oxygen atoms in total. The van der Waals surface area contributed by atoms with E-state index in [1.165, 1.54) is 31.1 Å². The van der Waals surface area contributed by atoms with E-state index in [0.717, 1.165) is 30.7 Å². The number of hydrogen-bond donors (Lipinski definition) is 1. The Kier molecular flexibility index (Phi) is 2.95. The van der Waals surface area contributed by atoms with Gasteiger partial charge < -0.3 is 14.5 Å². The van der Waals surface area contributed by atoms with E-state index >= 15 is 0 Å². The van der Waals surface area contributed by atoms with Crippen LogP contribution in [0, 0.1) is 0 Å². The maximum absolute atomic E-state index is 6.23. The van der Waals surface area contributed by atoms with Crippen LogP contribution >= 0.6 is 0 Å². The van der Waals surface area contributed by atoms with E-state index in [1.54, 1.807) is 0 Å². The van der Waals surface area contributed by atoms with Crippen molar-refractivity contribution in [2.24, 2.45) is 0 Å². The zero-order valence-corrected chi connectivity index (χ0v) is 11.7. The van der Waals surface area contributed by atoms with Crippen molar-refractivity contribution in [1.82, 2.24) is 4.98 Å². The smallest absolute Gasteiger partial charge is 0.120 e. The quantitative estimate of drug-likeness (QED) is 0.894. The molecule has 2 aliphatic rings. The van der Waals surface area contributed by atoms with E-state index in [0.29, 0.717) is 6.10 Å². The first-order valence-corrected chi connectivity index (χ1v) is 7.71. The van der Waals surface area contributed by atoms with Crippen LogP contribution in [0.3, 0.4) is 0 Å². The van der Waals surface area contributed by atoms with E-state index in [4.69, 9.17) is 9.47 Å². The Morgan fingerprint density at radius 1 is 1.20 bits per heavy atom. The van der Waals surface area contributed by atoms with Crippen molar-refractivity contribution in [2.45, 2.75) is 50.2 Å². The number of nitrogens with one attached hydrogen (secondary N) is 1. The normalized spacial score (nSPS) is 25.3. The van der Waals surface area contributed by atoms with Gasteiger partial charge in [0.15, 0.2) is 0 Å². The Hall–Kier alpha value is -1.48.